The Labute approximate surface area is 115 Å². The van der Waals surface area contributed by atoms with Crippen LogP contribution in [0, 0.1) is 5.92 Å². The summed E-state index contributed by atoms with van der Waals surface area (Å²) in [5, 5.41) is 6.19. The van der Waals surface area contributed by atoms with Crippen LogP contribution < -0.4 is 10.6 Å². The van der Waals surface area contributed by atoms with Crippen LogP contribution in [0.15, 0.2) is 12.5 Å². The number of carbonyl (C=O) groups excluding carboxylic acids is 1. The van der Waals surface area contributed by atoms with Gasteiger partial charge in [0.15, 0.2) is 0 Å². The molecule has 0 saturated carbocycles. The number of nitrogens with one attached hydrogen (secondary N) is 2. The second kappa shape index (κ2) is 8.69. The number of nitrogens with zero attached hydrogens (tertiary/aromatic N) is 2. The second-order valence-corrected chi connectivity index (χ2v) is 5.20. The topological polar surface area (TPSA) is 59.0 Å². The molecule has 0 aromatic carbocycles. The van der Waals surface area contributed by atoms with E-state index in [2.05, 4.69) is 41.0 Å². The fourth-order valence-corrected chi connectivity index (χ4v) is 1.76. The Morgan fingerprint density at radius 3 is 2.95 bits per heavy atom. The van der Waals surface area contributed by atoms with E-state index in [4.69, 9.17) is 0 Å². The molecule has 1 rings (SSSR count). The van der Waals surface area contributed by atoms with Crippen molar-refractivity contribution in [2.45, 2.75) is 46.7 Å². The molecule has 108 valence electrons. The van der Waals surface area contributed by atoms with Crippen molar-refractivity contribution in [1.29, 1.82) is 0 Å². The quantitative estimate of drug-likeness (QED) is 0.667. The maximum absolute atomic E-state index is 11.5. The first-order chi connectivity index (χ1) is 9.13. The van der Waals surface area contributed by atoms with Gasteiger partial charge in [-0.15, -0.1) is 0 Å². The summed E-state index contributed by atoms with van der Waals surface area (Å²) in [5.74, 6) is 0.614. The van der Waals surface area contributed by atoms with Crippen LogP contribution in [0.3, 0.4) is 0 Å². The number of hydrogen-bond donors (Lipinski definition) is 2. The van der Waals surface area contributed by atoms with E-state index < -0.39 is 0 Å². The van der Waals surface area contributed by atoms with Gasteiger partial charge in [0, 0.05) is 38.8 Å². The highest BCUT2D eigenvalue weighted by atomic mass is 16.1. The fourth-order valence-electron chi connectivity index (χ4n) is 1.76. The van der Waals surface area contributed by atoms with Gasteiger partial charge in [-0.25, -0.2) is 4.98 Å². The minimum absolute atomic E-state index is 0.114. The number of imidazole rings is 1. The van der Waals surface area contributed by atoms with Crippen LogP contribution >= 0.6 is 0 Å². The van der Waals surface area contributed by atoms with E-state index in [1.165, 1.54) is 5.69 Å². The highest BCUT2D eigenvalue weighted by Crippen LogP contribution is 2.00. The molecular weight excluding hydrogens is 240 g/mol. The smallest absolute Gasteiger partial charge is 0.221 e. The van der Waals surface area contributed by atoms with Crippen LogP contribution in [0.1, 0.15) is 39.3 Å². The first kappa shape index (κ1) is 15.7. The van der Waals surface area contributed by atoms with Gasteiger partial charge in [-0.05, 0) is 12.3 Å². The SMILES string of the molecule is CCCn1cncc1CNCCC(=O)NCC(C)C. The maximum Gasteiger partial charge on any atom is 0.221 e. The highest BCUT2D eigenvalue weighted by molar-refractivity contribution is 5.76. The molecule has 0 spiro atoms. The largest absolute Gasteiger partial charge is 0.356 e. The molecule has 0 unspecified atom stereocenters. The monoisotopic (exact) mass is 266 g/mol. The Morgan fingerprint density at radius 2 is 2.26 bits per heavy atom. The van der Waals surface area contributed by atoms with Crippen molar-refractivity contribution in [3.8, 4) is 0 Å². The number of rotatable bonds is 9. The molecule has 0 atom stereocenters. The lowest BCUT2D eigenvalue weighted by atomic mass is 10.2. The zero-order chi connectivity index (χ0) is 14.1. The maximum atomic E-state index is 11.5. The average molecular weight is 266 g/mol. The van der Waals surface area contributed by atoms with Crippen molar-refractivity contribution >= 4 is 5.91 Å². The third-order valence-electron chi connectivity index (χ3n) is 2.81. The molecule has 1 heterocycles. The Kier molecular flexibility index (Phi) is 7.18. The zero-order valence-electron chi connectivity index (χ0n) is 12.3. The molecule has 5 heteroatoms. The normalized spacial score (nSPS) is 10.9. The van der Waals surface area contributed by atoms with Crippen LogP contribution in [-0.2, 0) is 17.9 Å². The van der Waals surface area contributed by atoms with E-state index in [0.717, 1.165) is 26.1 Å². The van der Waals surface area contributed by atoms with Crippen molar-refractivity contribution in [1.82, 2.24) is 20.2 Å². The molecule has 1 aromatic rings. The Hall–Kier alpha value is -1.36. The molecule has 0 aliphatic carbocycles. The Balaban J connectivity index is 2.16. The molecule has 0 aliphatic heterocycles. The average Bonchev–Trinajstić information content (AvgIpc) is 2.80. The second-order valence-electron chi connectivity index (χ2n) is 5.20. The molecule has 19 heavy (non-hydrogen) atoms. The van der Waals surface area contributed by atoms with E-state index in [-0.39, 0.29) is 5.91 Å². The van der Waals surface area contributed by atoms with E-state index >= 15 is 0 Å². The Bertz CT molecular complexity index is 373. The molecule has 0 fully saturated rings. The first-order valence-corrected chi connectivity index (χ1v) is 7.10. The summed E-state index contributed by atoms with van der Waals surface area (Å²) >= 11 is 0. The third kappa shape index (κ3) is 6.38. The van der Waals surface area contributed by atoms with Crippen LogP contribution in [0.5, 0.6) is 0 Å². The first-order valence-electron chi connectivity index (χ1n) is 7.10. The zero-order valence-corrected chi connectivity index (χ0v) is 12.3. The van der Waals surface area contributed by atoms with E-state index in [1.54, 1.807) is 0 Å². The van der Waals surface area contributed by atoms with Gasteiger partial charge in [-0.2, -0.15) is 0 Å². The predicted octanol–water partition coefficient (Wildman–Crippen LogP) is 1.54. The van der Waals surface area contributed by atoms with Gasteiger partial charge in [0.05, 0.1) is 12.0 Å². The van der Waals surface area contributed by atoms with Crippen molar-refractivity contribution in [2.75, 3.05) is 13.1 Å². The van der Waals surface area contributed by atoms with Crippen molar-refractivity contribution in [2.24, 2.45) is 5.92 Å². The predicted molar refractivity (Wildman–Crippen MR) is 76.7 cm³/mol. The van der Waals surface area contributed by atoms with Gasteiger partial charge >= 0.3 is 0 Å². The van der Waals surface area contributed by atoms with Gasteiger partial charge in [-0.3, -0.25) is 4.79 Å². The molecule has 5 nitrogen and oxygen atoms in total. The van der Waals surface area contributed by atoms with Crippen LogP contribution in [0.25, 0.3) is 0 Å². The van der Waals surface area contributed by atoms with Gasteiger partial charge in [-0.1, -0.05) is 20.8 Å². The van der Waals surface area contributed by atoms with Crippen molar-refractivity contribution < 1.29 is 4.79 Å². The third-order valence-corrected chi connectivity index (χ3v) is 2.81. The molecule has 0 bridgehead atoms. The highest BCUT2D eigenvalue weighted by Gasteiger charge is 2.03. The number of hydrogen-bond acceptors (Lipinski definition) is 3. The number of carbonyl (C=O) groups is 1. The molecule has 2 N–H and O–H groups in total. The number of aromatic nitrogens is 2. The fraction of sp³-hybridized carbons (Fsp3) is 0.714. The summed E-state index contributed by atoms with van der Waals surface area (Å²) in [5.41, 5.74) is 1.17. The van der Waals surface area contributed by atoms with E-state index in [1.807, 2.05) is 12.5 Å². The van der Waals surface area contributed by atoms with Gasteiger partial charge in [0.2, 0.25) is 5.91 Å². The lowest BCUT2D eigenvalue weighted by molar-refractivity contribution is -0.121. The summed E-state index contributed by atoms with van der Waals surface area (Å²) in [4.78, 5) is 15.7. The molecule has 1 amide bonds. The van der Waals surface area contributed by atoms with Gasteiger partial charge in [0.1, 0.15) is 0 Å². The van der Waals surface area contributed by atoms with Crippen molar-refractivity contribution in [3.63, 3.8) is 0 Å². The molecule has 1 aromatic heterocycles. The summed E-state index contributed by atoms with van der Waals surface area (Å²) in [6.07, 6.45) is 5.35. The lowest BCUT2D eigenvalue weighted by Gasteiger charge is -2.09. The van der Waals surface area contributed by atoms with Crippen LogP contribution in [-0.4, -0.2) is 28.5 Å². The number of aryl methyl sites for hydroxylation is 1. The lowest BCUT2D eigenvalue weighted by Crippen LogP contribution is -2.30. The minimum atomic E-state index is 0.114. The summed E-state index contributed by atoms with van der Waals surface area (Å²) in [6, 6.07) is 0. The van der Waals surface area contributed by atoms with Gasteiger partial charge < -0.3 is 15.2 Å². The summed E-state index contributed by atoms with van der Waals surface area (Å²) in [6.45, 7) is 9.53. The van der Waals surface area contributed by atoms with Crippen LogP contribution in [0.2, 0.25) is 0 Å². The molecule has 0 saturated heterocycles. The molecule has 0 aliphatic rings. The molecule has 0 radical (unpaired) electrons. The van der Waals surface area contributed by atoms with Crippen LogP contribution in [0.4, 0.5) is 0 Å². The Morgan fingerprint density at radius 1 is 1.47 bits per heavy atom. The van der Waals surface area contributed by atoms with Gasteiger partial charge in [0.25, 0.3) is 0 Å². The minimum Gasteiger partial charge on any atom is -0.356 e. The number of amides is 1. The molecular formula is C14H26N4O. The summed E-state index contributed by atoms with van der Waals surface area (Å²) < 4.78 is 2.14. The van der Waals surface area contributed by atoms with E-state index in [0.29, 0.717) is 18.9 Å². The van der Waals surface area contributed by atoms with Crippen molar-refractivity contribution in [3.05, 3.63) is 18.2 Å². The summed E-state index contributed by atoms with van der Waals surface area (Å²) in [7, 11) is 0. The standard InChI is InChI=1S/C14H26N4O/c1-4-7-18-11-16-10-13(18)9-15-6-5-14(19)17-8-12(2)3/h10-12,15H,4-9H2,1-3H3,(H,17,19). The van der Waals surface area contributed by atoms with E-state index in [9.17, 15) is 4.79 Å².